The van der Waals surface area contributed by atoms with Gasteiger partial charge >= 0.3 is 0 Å². The van der Waals surface area contributed by atoms with Gasteiger partial charge in [0.1, 0.15) is 0 Å². The molecule has 17 heavy (non-hydrogen) atoms. The third kappa shape index (κ3) is 4.09. The van der Waals surface area contributed by atoms with Gasteiger partial charge in [-0.05, 0) is 33.7 Å². The molecule has 0 amide bonds. The van der Waals surface area contributed by atoms with E-state index in [2.05, 4.69) is 41.4 Å². The number of aromatic nitrogens is 3. The lowest BCUT2D eigenvalue weighted by atomic mass is 10.3. The second-order valence-electron chi connectivity index (χ2n) is 5.20. The van der Waals surface area contributed by atoms with Gasteiger partial charge in [0.2, 0.25) is 0 Å². The van der Waals surface area contributed by atoms with Crippen LogP contribution in [0.1, 0.15) is 32.4 Å². The molecule has 1 aliphatic carbocycles. The molecule has 5 heteroatoms. The minimum atomic E-state index is 0.578. The largest absolute Gasteiger partial charge is 0.308 e. The molecule has 0 spiro atoms. The highest BCUT2D eigenvalue weighted by molar-refractivity contribution is 4.94. The summed E-state index contributed by atoms with van der Waals surface area (Å²) in [6, 6.07) is 1.31. The van der Waals surface area contributed by atoms with Gasteiger partial charge in [-0.2, -0.15) is 0 Å². The van der Waals surface area contributed by atoms with Gasteiger partial charge in [0.15, 0.2) is 0 Å². The third-order valence-corrected chi connectivity index (χ3v) is 3.30. The van der Waals surface area contributed by atoms with E-state index in [9.17, 15) is 0 Å². The van der Waals surface area contributed by atoms with Crippen LogP contribution < -0.4 is 5.32 Å². The first-order chi connectivity index (χ1) is 8.15. The highest BCUT2D eigenvalue weighted by Crippen LogP contribution is 2.18. The molecule has 2 rings (SSSR count). The number of hydrogen-bond acceptors (Lipinski definition) is 4. The molecule has 0 unspecified atom stereocenters. The van der Waals surface area contributed by atoms with E-state index < -0.39 is 0 Å². The Hall–Kier alpha value is -0.940. The zero-order chi connectivity index (χ0) is 12.3. The molecule has 96 valence electrons. The fourth-order valence-corrected chi connectivity index (χ4v) is 1.58. The first-order valence-electron chi connectivity index (χ1n) is 6.48. The summed E-state index contributed by atoms with van der Waals surface area (Å²) in [5.41, 5.74) is 1.05. The fraction of sp³-hybridized carbons (Fsp3) is 0.833. The van der Waals surface area contributed by atoms with E-state index in [4.69, 9.17) is 0 Å². The van der Waals surface area contributed by atoms with Crippen molar-refractivity contribution in [1.82, 2.24) is 25.2 Å². The van der Waals surface area contributed by atoms with E-state index in [1.807, 2.05) is 10.9 Å². The molecule has 1 aromatic heterocycles. The molecule has 1 fully saturated rings. The lowest BCUT2D eigenvalue weighted by Gasteiger charge is -2.20. The van der Waals surface area contributed by atoms with Crippen LogP contribution in [-0.4, -0.2) is 45.6 Å². The van der Waals surface area contributed by atoms with Gasteiger partial charge in [-0.1, -0.05) is 5.21 Å². The predicted octanol–water partition coefficient (Wildman–Crippen LogP) is 0.870. The molecule has 1 aromatic rings. The van der Waals surface area contributed by atoms with Gasteiger partial charge in [-0.15, -0.1) is 5.10 Å². The number of hydrogen-bond donors (Lipinski definition) is 1. The van der Waals surface area contributed by atoms with Gasteiger partial charge in [0.25, 0.3) is 0 Å². The van der Waals surface area contributed by atoms with E-state index in [1.165, 1.54) is 12.8 Å². The Morgan fingerprint density at radius 3 is 2.94 bits per heavy atom. The van der Waals surface area contributed by atoms with E-state index >= 15 is 0 Å². The van der Waals surface area contributed by atoms with Crippen LogP contribution in [0.25, 0.3) is 0 Å². The Balaban J connectivity index is 1.73. The lowest BCUT2D eigenvalue weighted by molar-refractivity contribution is 0.258. The molecular weight excluding hydrogens is 214 g/mol. The lowest BCUT2D eigenvalue weighted by Crippen LogP contribution is -2.29. The molecule has 1 N–H and O–H groups in total. The normalized spacial score (nSPS) is 16.1. The summed E-state index contributed by atoms with van der Waals surface area (Å²) in [4.78, 5) is 2.31. The number of rotatable bonds is 7. The second kappa shape index (κ2) is 5.60. The number of nitrogens with one attached hydrogen (secondary N) is 1. The van der Waals surface area contributed by atoms with Gasteiger partial charge in [-0.25, -0.2) is 0 Å². The smallest absolute Gasteiger partial charge is 0.0964 e. The van der Waals surface area contributed by atoms with Crippen molar-refractivity contribution in [3.8, 4) is 0 Å². The zero-order valence-corrected chi connectivity index (χ0v) is 11.1. The number of nitrogens with zero attached hydrogens (tertiary/aromatic N) is 4. The Bertz CT molecular complexity index is 342. The van der Waals surface area contributed by atoms with Crippen molar-refractivity contribution >= 4 is 0 Å². The van der Waals surface area contributed by atoms with Crippen LogP contribution in [0.3, 0.4) is 0 Å². The summed E-state index contributed by atoms with van der Waals surface area (Å²) < 4.78 is 1.93. The van der Waals surface area contributed by atoms with Crippen LogP contribution in [0, 0.1) is 0 Å². The van der Waals surface area contributed by atoms with Crippen molar-refractivity contribution < 1.29 is 0 Å². The molecule has 0 radical (unpaired) electrons. The van der Waals surface area contributed by atoms with Crippen LogP contribution in [-0.2, 0) is 13.1 Å². The molecular formula is C12H23N5. The van der Waals surface area contributed by atoms with Crippen molar-refractivity contribution in [2.24, 2.45) is 0 Å². The molecule has 1 heterocycles. The quantitative estimate of drug-likeness (QED) is 0.764. The minimum Gasteiger partial charge on any atom is -0.308 e. The van der Waals surface area contributed by atoms with Crippen LogP contribution in [0.15, 0.2) is 6.20 Å². The molecule has 0 aliphatic heterocycles. The third-order valence-electron chi connectivity index (χ3n) is 3.30. The standard InChI is InChI=1S/C12H23N5/c1-10(2)16(3)6-7-17-9-12(14-15-17)8-13-11-4-5-11/h9-11,13H,4-8H2,1-3H3. The van der Waals surface area contributed by atoms with Gasteiger partial charge < -0.3 is 10.2 Å². The second-order valence-corrected chi connectivity index (χ2v) is 5.20. The first-order valence-corrected chi connectivity index (χ1v) is 6.48. The van der Waals surface area contributed by atoms with Crippen LogP contribution in [0.5, 0.6) is 0 Å². The van der Waals surface area contributed by atoms with Crippen molar-refractivity contribution in [1.29, 1.82) is 0 Å². The molecule has 0 aromatic carbocycles. The summed E-state index contributed by atoms with van der Waals surface area (Å²) >= 11 is 0. The van der Waals surface area contributed by atoms with Gasteiger partial charge in [0.05, 0.1) is 12.2 Å². The molecule has 1 saturated carbocycles. The molecule has 0 atom stereocenters. The van der Waals surface area contributed by atoms with E-state index in [-0.39, 0.29) is 0 Å². The van der Waals surface area contributed by atoms with E-state index in [0.29, 0.717) is 6.04 Å². The minimum absolute atomic E-state index is 0.578. The predicted molar refractivity (Wildman–Crippen MR) is 67.6 cm³/mol. The van der Waals surface area contributed by atoms with Crippen LogP contribution in [0.2, 0.25) is 0 Å². The fourth-order valence-electron chi connectivity index (χ4n) is 1.58. The Labute approximate surface area is 103 Å². The summed E-state index contributed by atoms with van der Waals surface area (Å²) in [6.07, 6.45) is 4.67. The summed E-state index contributed by atoms with van der Waals surface area (Å²) in [6.45, 7) is 7.17. The SMILES string of the molecule is CC(C)N(C)CCn1cc(CNC2CC2)nn1. The average Bonchev–Trinajstić information content (AvgIpc) is 3.02. The highest BCUT2D eigenvalue weighted by Gasteiger charge is 2.20. The average molecular weight is 237 g/mol. The Kier molecular flexibility index (Phi) is 4.12. The highest BCUT2D eigenvalue weighted by atomic mass is 15.4. The summed E-state index contributed by atoms with van der Waals surface area (Å²) in [7, 11) is 2.14. The van der Waals surface area contributed by atoms with Gasteiger partial charge in [-0.3, -0.25) is 4.68 Å². The van der Waals surface area contributed by atoms with Crippen LogP contribution in [0.4, 0.5) is 0 Å². The Morgan fingerprint density at radius 2 is 2.29 bits per heavy atom. The maximum atomic E-state index is 4.17. The monoisotopic (exact) mass is 237 g/mol. The Morgan fingerprint density at radius 1 is 1.53 bits per heavy atom. The van der Waals surface area contributed by atoms with E-state index in [0.717, 1.165) is 31.4 Å². The maximum absolute atomic E-state index is 4.17. The van der Waals surface area contributed by atoms with Crippen molar-refractivity contribution in [3.63, 3.8) is 0 Å². The number of likely N-dealkylation sites (N-methyl/N-ethyl adjacent to an activating group) is 1. The molecule has 0 saturated heterocycles. The summed E-state index contributed by atoms with van der Waals surface area (Å²) in [5.74, 6) is 0. The molecule has 5 nitrogen and oxygen atoms in total. The first kappa shape index (κ1) is 12.5. The van der Waals surface area contributed by atoms with Crippen molar-refractivity contribution in [2.45, 2.75) is 51.9 Å². The van der Waals surface area contributed by atoms with Crippen molar-refractivity contribution in [2.75, 3.05) is 13.6 Å². The molecule has 1 aliphatic rings. The van der Waals surface area contributed by atoms with E-state index in [1.54, 1.807) is 0 Å². The summed E-state index contributed by atoms with van der Waals surface area (Å²) in [5, 5.41) is 11.8. The van der Waals surface area contributed by atoms with Crippen molar-refractivity contribution in [3.05, 3.63) is 11.9 Å². The maximum Gasteiger partial charge on any atom is 0.0964 e. The zero-order valence-electron chi connectivity index (χ0n) is 11.1. The van der Waals surface area contributed by atoms with Gasteiger partial charge in [0, 0.05) is 31.4 Å². The van der Waals surface area contributed by atoms with Crippen LogP contribution >= 0.6 is 0 Å². The topological polar surface area (TPSA) is 46.0 Å². The molecule has 0 bridgehead atoms.